The first-order valence-electron chi connectivity index (χ1n) is 9.03. The van der Waals surface area contributed by atoms with Crippen LogP contribution in [0.3, 0.4) is 0 Å². The molecule has 0 radical (unpaired) electrons. The second-order valence-corrected chi connectivity index (χ2v) is 8.56. The molecule has 2 aromatic heterocycles. The minimum atomic E-state index is -0.561. The zero-order valence-corrected chi connectivity index (χ0v) is 15.9. The molecule has 1 spiro atoms. The SMILES string of the molecule is CC(C)CN1CC[C@@]2(CN(C(=O)c3ccco3)C[C@H]2c2nccs2)C1=O. The van der Waals surface area contributed by atoms with Crippen LogP contribution in [-0.2, 0) is 4.79 Å². The van der Waals surface area contributed by atoms with Crippen LogP contribution in [0.4, 0.5) is 0 Å². The van der Waals surface area contributed by atoms with Crippen molar-refractivity contribution in [3.05, 3.63) is 40.7 Å². The van der Waals surface area contributed by atoms with Crippen molar-refractivity contribution in [2.75, 3.05) is 26.2 Å². The number of carbonyl (C=O) groups excluding carboxylic acids is 2. The van der Waals surface area contributed by atoms with Crippen LogP contribution < -0.4 is 0 Å². The summed E-state index contributed by atoms with van der Waals surface area (Å²) >= 11 is 1.57. The first-order valence-corrected chi connectivity index (χ1v) is 9.91. The number of hydrogen-bond donors (Lipinski definition) is 0. The Kier molecular flexibility index (Phi) is 4.34. The van der Waals surface area contributed by atoms with Gasteiger partial charge in [-0.3, -0.25) is 9.59 Å². The van der Waals surface area contributed by atoms with Crippen LogP contribution in [0.25, 0.3) is 0 Å². The largest absolute Gasteiger partial charge is 0.459 e. The number of furan rings is 1. The average Bonchev–Trinajstić information content (AvgIpc) is 3.39. The molecule has 2 aliphatic heterocycles. The van der Waals surface area contributed by atoms with E-state index in [1.54, 1.807) is 34.6 Å². The smallest absolute Gasteiger partial charge is 0.289 e. The van der Waals surface area contributed by atoms with Crippen LogP contribution in [0.1, 0.15) is 41.7 Å². The van der Waals surface area contributed by atoms with E-state index in [1.807, 2.05) is 10.3 Å². The predicted octanol–water partition coefficient (Wildman–Crippen LogP) is 2.85. The maximum atomic E-state index is 13.4. The van der Waals surface area contributed by atoms with Gasteiger partial charge in [0.1, 0.15) is 0 Å². The standard InChI is InChI=1S/C19H23N3O3S/c1-13(2)10-21-7-5-19(18(21)24)12-22(17(23)15-4-3-8-25-15)11-14(19)16-20-6-9-26-16/h3-4,6,8-9,13-14H,5,7,10-12H2,1-2H3/t14-,19-/m0/s1. The lowest BCUT2D eigenvalue weighted by Crippen LogP contribution is -2.41. The zero-order valence-electron chi connectivity index (χ0n) is 15.1. The van der Waals surface area contributed by atoms with E-state index >= 15 is 0 Å². The molecule has 7 heteroatoms. The number of thiazole rings is 1. The van der Waals surface area contributed by atoms with Crippen molar-refractivity contribution in [3.63, 3.8) is 0 Å². The fourth-order valence-corrected chi connectivity index (χ4v) is 5.13. The predicted molar refractivity (Wildman–Crippen MR) is 97.9 cm³/mol. The third-order valence-electron chi connectivity index (χ3n) is 5.44. The average molecular weight is 373 g/mol. The third kappa shape index (κ3) is 2.74. The van der Waals surface area contributed by atoms with E-state index in [2.05, 4.69) is 18.8 Å². The van der Waals surface area contributed by atoms with Crippen LogP contribution >= 0.6 is 11.3 Å². The Balaban J connectivity index is 1.65. The molecular weight excluding hydrogens is 350 g/mol. The van der Waals surface area contributed by atoms with Gasteiger partial charge in [0.25, 0.3) is 5.91 Å². The van der Waals surface area contributed by atoms with Gasteiger partial charge in [-0.2, -0.15) is 0 Å². The molecule has 2 amide bonds. The molecule has 0 unspecified atom stereocenters. The molecule has 0 saturated carbocycles. The molecule has 0 aliphatic carbocycles. The highest BCUT2D eigenvalue weighted by Crippen LogP contribution is 2.50. The van der Waals surface area contributed by atoms with E-state index < -0.39 is 5.41 Å². The number of hydrogen-bond acceptors (Lipinski definition) is 5. The third-order valence-corrected chi connectivity index (χ3v) is 6.33. The number of likely N-dealkylation sites (tertiary alicyclic amines) is 2. The summed E-state index contributed by atoms with van der Waals surface area (Å²) in [6.45, 7) is 6.70. The molecule has 0 N–H and O–H groups in total. The molecule has 4 heterocycles. The Morgan fingerprint density at radius 1 is 1.50 bits per heavy atom. The van der Waals surface area contributed by atoms with Crippen LogP contribution in [0.2, 0.25) is 0 Å². The molecule has 2 atom stereocenters. The van der Waals surface area contributed by atoms with Crippen LogP contribution in [-0.4, -0.2) is 52.8 Å². The maximum Gasteiger partial charge on any atom is 0.289 e. The van der Waals surface area contributed by atoms with Gasteiger partial charge < -0.3 is 14.2 Å². The van der Waals surface area contributed by atoms with Gasteiger partial charge in [-0.05, 0) is 24.5 Å². The summed E-state index contributed by atoms with van der Waals surface area (Å²) in [6, 6.07) is 3.38. The topological polar surface area (TPSA) is 66.7 Å². The van der Waals surface area contributed by atoms with Crippen molar-refractivity contribution < 1.29 is 14.0 Å². The summed E-state index contributed by atoms with van der Waals surface area (Å²) in [4.78, 5) is 34.4. The lowest BCUT2D eigenvalue weighted by atomic mass is 9.77. The molecule has 26 heavy (non-hydrogen) atoms. The molecule has 0 aromatic carbocycles. The Morgan fingerprint density at radius 2 is 2.35 bits per heavy atom. The molecule has 6 nitrogen and oxygen atoms in total. The quantitative estimate of drug-likeness (QED) is 0.827. The Hall–Kier alpha value is -2.15. The highest BCUT2D eigenvalue weighted by molar-refractivity contribution is 7.09. The van der Waals surface area contributed by atoms with Crippen molar-refractivity contribution in [1.29, 1.82) is 0 Å². The Bertz CT molecular complexity index is 787. The molecule has 2 aromatic rings. The van der Waals surface area contributed by atoms with E-state index in [9.17, 15) is 9.59 Å². The second-order valence-electron chi connectivity index (χ2n) is 7.64. The fourth-order valence-electron chi connectivity index (χ4n) is 4.29. The summed E-state index contributed by atoms with van der Waals surface area (Å²) in [6.07, 6.45) is 4.04. The summed E-state index contributed by atoms with van der Waals surface area (Å²) in [5.74, 6) is 0.717. The van der Waals surface area contributed by atoms with Gasteiger partial charge in [0.15, 0.2) is 5.76 Å². The van der Waals surface area contributed by atoms with Gasteiger partial charge >= 0.3 is 0 Å². The van der Waals surface area contributed by atoms with E-state index in [0.29, 0.717) is 24.8 Å². The van der Waals surface area contributed by atoms with Crippen molar-refractivity contribution in [3.8, 4) is 0 Å². The Morgan fingerprint density at radius 3 is 3.00 bits per heavy atom. The highest BCUT2D eigenvalue weighted by Gasteiger charge is 2.59. The molecular formula is C19H23N3O3S. The van der Waals surface area contributed by atoms with E-state index in [0.717, 1.165) is 24.5 Å². The zero-order chi connectivity index (χ0) is 18.3. The Labute approximate surface area is 156 Å². The summed E-state index contributed by atoms with van der Waals surface area (Å²) in [5, 5.41) is 2.88. The first kappa shape index (κ1) is 17.3. The number of rotatable bonds is 4. The summed E-state index contributed by atoms with van der Waals surface area (Å²) in [5.41, 5.74) is -0.561. The maximum absolute atomic E-state index is 13.4. The number of amides is 2. The molecule has 4 rings (SSSR count). The van der Waals surface area contributed by atoms with Crippen molar-refractivity contribution >= 4 is 23.2 Å². The lowest BCUT2D eigenvalue weighted by molar-refractivity contribution is -0.136. The number of carbonyl (C=O) groups is 2. The van der Waals surface area contributed by atoms with Gasteiger partial charge in [-0.1, -0.05) is 13.8 Å². The van der Waals surface area contributed by atoms with Gasteiger partial charge in [-0.15, -0.1) is 11.3 Å². The molecule has 2 fully saturated rings. The minimum absolute atomic E-state index is 0.0499. The molecule has 0 bridgehead atoms. The van der Waals surface area contributed by atoms with E-state index in [1.165, 1.54) is 6.26 Å². The summed E-state index contributed by atoms with van der Waals surface area (Å²) in [7, 11) is 0. The molecule has 2 saturated heterocycles. The second kappa shape index (κ2) is 6.54. The van der Waals surface area contributed by atoms with Crippen LogP contribution in [0.15, 0.2) is 34.4 Å². The minimum Gasteiger partial charge on any atom is -0.459 e. The van der Waals surface area contributed by atoms with Crippen molar-refractivity contribution in [2.24, 2.45) is 11.3 Å². The first-order chi connectivity index (χ1) is 12.5. The van der Waals surface area contributed by atoms with Gasteiger partial charge in [0.2, 0.25) is 5.91 Å². The van der Waals surface area contributed by atoms with E-state index in [-0.39, 0.29) is 17.7 Å². The molecule has 2 aliphatic rings. The van der Waals surface area contributed by atoms with Crippen molar-refractivity contribution in [1.82, 2.24) is 14.8 Å². The van der Waals surface area contributed by atoms with Crippen LogP contribution in [0, 0.1) is 11.3 Å². The number of nitrogens with zero attached hydrogens (tertiary/aromatic N) is 3. The van der Waals surface area contributed by atoms with Crippen molar-refractivity contribution in [2.45, 2.75) is 26.2 Å². The monoisotopic (exact) mass is 373 g/mol. The summed E-state index contributed by atoms with van der Waals surface area (Å²) < 4.78 is 5.29. The number of aromatic nitrogens is 1. The van der Waals surface area contributed by atoms with Gasteiger partial charge in [0, 0.05) is 43.7 Å². The molecule has 138 valence electrons. The fraction of sp³-hybridized carbons (Fsp3) is 0.526. The van der Waals surface area contributed by atoms with Gasteiger partial charge in [-0.25, -0.2) is 4.98 Å². The normalized spacial score (nSPS) is 25.8. The highest BCUT2D eigenvalue weighted by atomic mass is 32.1. The van der Waals surface area contributed by atoms with Gasteiger partial charge in [0.05, 0.1) is 16.7 Å². The lowest BCUT2D eigenvalue weighted by Gasteiger charge is -2.28. The van der Waals surface area contributed by atoms with E-state index in [4.69, 9.17) is 4.42 Å². The van der Waals surface area contributed by atoms with Crippen LogP contribution in [0.5, 0.6) is 0 Å².